The molecule has 0 aliphatic heterocycles. The minimum atomic E-state index is -1.10. The standard InChI is InChI=1S/C9H16Cl3F/c10-9(11,12)7-5-3-1-2-4-6-8-13/h1-8H2. The Morgan fingerprint density at radius 1 is 0.769 bits per heavy atom. The maximum atomic E-state index is 11.7. The van der Waals surface area contributed by atoms with Crippen LogP contribution in [-0.4, -0.2) is 10.5 Å². The zero-order valence-corrected chi connectivity index (χ0v) is 9.94. The van der Waals surface area contributed by atoms with Crippen LogP contribution in [-0.2, 0) is 0 Å². The fourth-order valence-corrected chi connectivity index (χ4v) is 1.53. The number of rotatable bonds is 7. The molecule has 0 saturated carbocycles. The molecular weight excluding hydrogens is 233 g/mol. The predicted molar refractivity (Wildman–Crippen MR) is 58.6 cm³/mol. The second kappa shape index (κ2) is 8.14. The minimum absolute atomic E-state index is 0.200. The molecule has 80 valence electrons. The molecule has 0 fully saturated rings. The van der Waals surface area contributed by atoms with Crippen LogP contribution in [0.3, 0.4) is 0 Å². The second-order valence-electron chi connectivity index (χ2n) is 3.18. The lowest BCUT2D eigenvalue weighted by Crippen LogP contribution is -2.00. The monoisotopic (exact) mass is 248 g/mol. The van der Waals surface area contributed by atoms with Gasteiger partial charge >= 0.3 is 0 Å². The second-order valence-corrected chi connectivity index (χ2v) is 5.69. The van der Waals surface area contributed by atoms with E-state index < -0.39 is 3.79 Å². The molecule has 0 aromatic rings. The first kappa shape index (κ1) is 13.8. The molecule has 0 aromatic heterocycles. The highest BCUT2D eigenvalue weighted by Crippen LogP contribution is 2.32. The average molecular weight is 250 g/mol. The van der Waals surface area contributed by atoms with E-state index in [4.69, 9.17) is 34.8 Å². The highest BCUT2D eigenvalue weighted by molar-refractivity contribution is 6.67. The molecule has 0 nitrogen and oxygen atoms in total. The fraction of sp³-hybridized carbons (Fsp3) is 1.00. The van der Waals surface area contributed by atoms with E-state index in [1.807, 2.05) is 0 Å². The van der Waals surface area contributed by atoms with Crippen molar-refractivity contribution in [1.82, 2.24) is 0 Å². The molecule has 0 unspecified atom stereocenters. The maximum absolute atomic E-state index is 11.7. The van der Waals surface area contributed by atoms with Crippen LogP contribution < -0.4 is 0 Å². The Hall–Kier alpha value is 0.800. The molecule has 0 spiro atoms. The van der Waals surface area contributed by atoms with E-state index in [9.17, 15) is 4.39 Å². The molecule has 0 aliphatic rings. The molecule has 0 bridgehead atoms. The first-order valence-corrected chi connectivity index (χ1v) is 5.82. The van der Waals surface area contributed by atoms with Crippen LogP contribution >= 0.6 is 34.8 Å². The normalized spacial score (nSPS) is 12.0. The van der Waals surface area contributed by atoms with Gasteiger partial charge < -0.3 is 0 Å². The lowest BCUT2D eigenvalue weighted by molar-refractivity contribution is 0.449. The molecule has 0 amide bonds. The van der Waals surface area contributed by atoms with E-state index in [1.165, 1.54) is 0 Å². The van der Waals surface area contributed by atoms with Gasteiger partial charge in [-0.25, -0.2) is 0 Å². The van der Waals surface area contributed by atoms with Crippen molar-refractivity contribution in [2.75, 3.05) is 6.67 Å². The Kier molecular flexibility index (Phi) is 8.64. The molecule has 0 rings (SSSR count). The van der Waals surface area contributed by atoms with Crippen molar-refractivity contribution in [3.05, 3.63) is 0 Å². The van der Waals surface area contributed by atoms with Crippen LogP contribution in [0.2, 0.25) is 0 Å². The summed E-state index contributed by atoms with van der Waals surface area (Å²) in [6.07, 6.45) is 6.48. The lowest BCUT2D eigenvalue weighted by Gasteiger charge is -2.09. The Labute approximate surface area is 94.7 Å². The minimum Gasteiger partial charge on any atom is -0.251 e. The van der Waals surface area contributed by atoms with E-state index >= 15 is 0 Å². The Morgan fingerprint density at radius 2 is 1.23 bits per heavy atom. The summed E-state index contributed by atoms with van der Waals surface area (Å²) in [7, 11) is 0. The van der Waals surface area contributed by atoms with Crippen LogP contribution in [0.1, 0.15) is 44.9 Å². The van der Waals surface area contributed by atoms with Gasteiger partial charge in [-0.2, -0.15) is 0 Å². The van der Waals surface area contributed by atoms with Crippen LogP contribution in [0.5, 0.6) is 0 Å². The van der Waals surface area contributed by atoms with Crippen molar-refractivity contribution in [2.45, 2.75) is 48.7 Å². The predicted octanol–water partition coefficient (Wildman–Crippen LogP) is 5.06. The van der Waals surface area contributed by atoms with E-state index in [1.54, 1.807) is 0 Å². The lowest BCUT2D eigenvalue weighted by atomic mass is 10.1. The third kappa shape index (κ3) is 12.8. The van der Waals surface area contributed by atoms with Crippen LogP contribution in [0.4, 0.5) is 4.39 Å². The third-order valence-corrected chi connectivity index (χ3v) is 2.41. The van der Waals surface area contributed by atoms with Crippen molar-refractivity contribution < 1.29 is 4.39 Å². The summed E-state index contributed by atoms with van der Waals surface area (Å²) in [5, 5.41) is 0. The summed E-state index contributed by atoms with van der Waals surface area (Å²) in [4.78, 5) is 0. The smallest absolute Gasteiger partial charge is 0.190 e. The van der Waals surface area contributed by atoms with Crippen LogP contribution in [0, 0.1) is 0 Å². The highest BCUT2D eigenvalue weighted by atomic mass is 35.6. The van der Waals surface area contributed by atoms with Gasteiger partial charge in [-0.05, 0) is 19.3 Å². The summed E-state index contributed by atoms with van der Waals surface area (Å²) in [5.41, 5.74) is 0. The SMILES string of the molecule is FCCCCCCCCC(Cl)(Cl)Cl. The highest BCUT2D eigenvalue weighted by Gasteiger charge is 2.17. The molecule has 0 saturated heterocycles. The molecule has 0 N–H and O–H groups in total. The van der Waals surface area contributed by atoms with Crippen molar-refractivity contribution in [3.63, 3.8) is 0 Å². The molecule has 0 heterocycles. The van der Waals surface area contributed by atoms with Crippen LogP contribution in [0.15, 0.2) is 0 Å². The Balaban J connectivity index is 3.00. The van der Waals surface area contributed by atoms with Gasteiger partial charge in [0.2, 0.25) is 0 Å². The zero-order chi connectivity index (χ0) is 10.2. The summed E-state index contributed by atoms with van der Waals surface area (Å²) in [5.74, 6) is 0. The average Bonchev–Trinajstić information content (AvgIpc) is 2.01. The third-order valence-electron chi connectivity index (χ3n) is 1.84. The molecule has 0 aromatic carbocycles. The maximum Gasteiger partial charge on any atom is 0.190 e. The van der Waals surface area contributed by atoms with Crippen molar-refractivity contribution in [1.29, 1.82) is 0 Å². The summed E-state index contributed by atoms with van der Waals surface area (Å²) >= 11 is 16.7. The largest absolute Gasteiger partial charge is 0.251 e. The first-order chi connectivity index (χ1) is 6.06. The van der Waals surface area contributed by atoms with E-state index in [-0.39, 0.29) is 6.67 Å². The molecule has 0 aliphatic carbocycles. The zero-order valence-electron chi connectivity index (χ0n) is 7.67. The van der Waals surface area contributed by atoms with E-state index in [2.05, 4.69) is 0 Å². The first-order valence-electron chi connectivity index (χ1n) is 4.69. The number of alkyl halides is 4. The molecule has 13 heavy (non-hydrogen) atoms. The molecule has 0 radical (unpaired) electrons. The molecular formula is C9H16Cl3F. The Morgan fingerprint density at radius 3 is 1.69 bits per heavy atom. The van der Waals surface area contributed by atoms with Crippen molar-refractivity contribution >= 4 is 34.8 Å². The van der Waals surface area contributed by atoms with Gasteiger partial charge in [-0.15, -0.1) is 0 Å². The number of unbranched alkanes of at least 4 members (excludes halogenated alkanes) is 5. The van der Waals surface area contributed by atoms with Crippen molar-refractivity contribution in [2.24, 2.45) is 0 Å². The van der Waals surface area contributed by atoms with E-state index in [0.29, 0.717) is 12.8 Å². The fourth-order valence-electron chi connectivity index (χ4n) is 1.13. The quantitative estimate of drug-likeness (QED) is 0.437. The van der Waals surface area contributed by atoms with Crippen molar-refractivity contribution in [3.8, 4) is 0 Å². The number of halogens is 4. The Bertz CT molecular complexity index is 112. The molecule has 4 heteroatoms. The van der Waals surface area contributed by atoms with Gasteiger partial charge in [-0.1, -0.05) is 60.5 Å². The number of hydrogen-bond acceptors (Lipinski definition) is 0. The molecule has 0 atom stereocenters. The van der Waals surface area contributed by atoms with Gasteiger partial charge in [0, 0.05) is 0 Å². The summed E-state index contributed by atoms with van der Waals surface area (Å²) in [6, 6.07) is 0. The van der Waals surface area contributed by atoms with Gasteiger partial charge in [-0.3, -0.25) is 4.39 Å². The topological polar surface area (TPSA) is 0 Å². The summed E-state index contributed by atoms with van der Waals surface area (Å²) in [6.45, 7) is -0.200. The summed E-state index contributed by atoms with van der Waals surface area (Å²) < 4.78 is 10.6. The van der Waals surface area contributed by atoms with Gasteiger partial charge in [0.1, 0.15) is 0 Å². The van der Waals surface area contributed by atoms with Crippen LogP contribution in [0.25, 0.3) is 0 Å². The van der Waals surface area contributed by atoms with Gasteiger partial charge in [0.25, 0.3) is 0 Å². The van der Waals surface area contributed by atoms with E-state index in [0.717, 1.165) is 32.1 Å². The van der Waals surface area contributed by atoms with Gasteiger partial charge in [0.05, 0.1) is 6.67 Å². The number of hydrogen-bond donors (Lipinski definition) is 0. The van der Waals surface area contributed by atoms with Gasteiger partial charge in [0.15, 0.2) is 3.79 Å².